The Morgan fingerprint density at radius 3 is 1.00 bits per heavy atom. The molecule has 0 radical (unpaired) electrons. The Bertz CT molecular complexity index is 64.7. The van der Waals surface area contributed by atoms with Gasteiger partial charge in [-0.15, -0.1) is 0 Å². The molecule has 0 aromatic heterocycles. The first-order valence-corrected chi connectivity index (χ1v) is 1.45. The monoisotopic (exact) mass is 275 g/mol. The van der Waals surface area contributed by atoms with Crippen LogP contribution in [-0.2, 0) is 20.1 Å². The van der Waals surface area contributed by atoms with Gasteiger partial charge in [0.15, 0.2) is 0 Å². The quantitative estimate of drug-likeness (QED) is 0.663. The predicted molar refractivity (Wildman–Crippen MR) is 22.6 cm³/mol. The molecule has 0 fully saturated rings. The van der Waals surface area contributed by atoms with Crippen molar-refractivity contribution in [2.75, 3.05) is 0 Å². The van der Waals surface area contributed by atoms with E-state index in [1.807, 2.05) is 0 Å². The van der Waals surface area contributed by atoms with Gasteiger partial charge in [0.25, 0.3) is 0 Å². The van der Waals surface area contributed by atoms with Crippen molar-refractivity contribution in [2.24, 2.45) is 0 Å². The van der Waals surface area contributed by atoms with Crippen LogP contribution in [-0.4, -0.2) is 0 Å². The fourth-order valence-electron chi connectivity index (χ4n) is 0. The Hall–Kier alpha value is -0.371. The summed E-state index contributed by atoms with van der Waals surface area (Å²) in [6.07, 6.45) is 0. The van der Waals surface area contributed by atoms with Gasteiger partial charge in [0.05, 0.1) is 12.1 Å². The van der Waals surface area contributed by atoms with E-state index in [9.17, 15) is 0 Å². The third-order valence-electron chi connectivity index (χ3n) is 0. The third kappa shape index (κ3) is 540. The zero-order valence-corrected chi connectivity index (χ0v) is 6.62. The molecule has 0 aliphatic carbocycles. The topological polar surface area (TPSA) is 47.6 Å². The second kappa shape index (κ2) is 45.4. The first-order valence-electron chi connectivity index (χ1n) is 1.45. The molecule has 0 aromatic carbocycles. The van der Waals surface area contributed by atoms with Crippen molar-refractivity contribution < 1.29 is 20.1 Å². The normalized spacial score (nSPS) is 2.29. The molecule has 0 spiro atoms. The standard InChI is InChI=1S/2C2H3N.Ir/c2*1-2-3;/h2*1H3;/q;;+3. The number of nitrogens with zero attached hydrogens (tertiary/aromatic N) is 2. The molecule has 0 aliphatic rings. The van der Waals surface area contributed by atoms with Gasteiger partial charge in [-0.05, 0) is 0 Å². The third-order valence-corrected chi connectivity index (χ3v) is 0. The first kappa shape index (κ1) is 15.9. The molecule has 3 heteroatoms. The van der Waals surface area contributed by atoms with Crippen LogP contribution in [0.3, 0.4) is 0 Å². The number of hydrogen-bond donors (Lipinski definition) is 0. The van der Waals surface area contributed by atoms with Crippen molar-refractivity contribution in [3.05, 3.63) is 0 Å². The minimum atomic E-state index is 0. The summed E-state index contributed by atoms with van der Waals surface area (Å²) in [5.74, 6) is 0. The van der Waals surface area contributed by atoms with E-state index < -0.39 is 0 Å². The summed E-state index contributed by atoms with van der Waals surface area (Å²) in [6.45, 7) is 2.86. The van der Waals surface area contributed by atoms with Gasteiger partial charge < -0.3 is 0 Å². The molecule has 0 aromatic rings. The molecule has 7 heavy (non-hydrogen) atoms. The summed E-state index contributed by atoms with van der Waals surface area (Å²) in [5.41, 5.74) is 0. The number of nitriles is 2. The summed E-state index contributed by atoms with van der Waals surface area (Å²) >= 11 is 0. The maximum atomic E-state index is 7.32. The van der Waals surface area contributed by atoms with Gasteiger partial charge in [-0.25, -0.2) is 0 Å². The van der Waals surface area contributed by atoms with Crippen molar-refractivity contribution in [3.63, 3.8) is 0 Å². The van der Waals surface area contributed by atoms with Crippen LogP contribution in [0.1, 0.15) is 13.8 Å². The van der Waals surface area contributed by atoms with E-state index in [1.54, 1.807) is 12.1 Å². The Morgan fingerprint density at radius 2 is 1.00 bits per heavy atom. The Kier molecular flexibility index (Phi) is 104. The van der Waals surface area contributed by atoms with E-state index in [2.05, 4.69) is 0 Å². The molecule has 0 aliphatic heterocycles. The summed E-state index contributed by atoms with van der Waals surface area (Å²) in [7, 11) is 0. The SMILES string of the molecule is CC#N.CC#N.[Ir+3]. The molecule has 0 N–H and O–H groups in total. The summed E-state index contributed by atoms with van der Waals surface area (Å²) < 4.78 is 0. The molecule has 0 heterocycles. The summed E-state index contributed by atoms with van der Waals surface area (Å²) in [4.78, 5) is 0. The molecule has 0 amide bonds. The van der Waals surface area contributed by atoms with Crippen molar-refractivity contribution in [3.8, 4) is 12.1 Å². The fourth-order valence-corrected chi connectivity index (χ4v) is 0. The van der Waals surface area contributed by atoms with Crippen molar-refractivity contribution >= 4 is 0 Å². The van der Waals surface area contributed by atoms with E-state index in [0.717, 1.165) is 0 Å². The van der Waals surface area contributed by atoms with Crippen LogP contribution in [0, 0.1) is 22.7 Å². The Labute approximate surface area is 57.1 Å². The number of hydrogen-bond acceptors (Lipinski definition) is 2. The van der Waals surface area contributed by atoms with Gasteiger partial charge in [0.2, 0.25) is 0 Å². The van der Waals surface area contributed by atoms with Gasteiger partial charge in [-0.2, -0.15) is 10.5 Å². The molecule has 0 rings (SSSR count). The molecule has 38 valence electrons. The molecular formula is C4H6IrN2+3. The number of rotatable bonds is 0. The van der Waals surface area contributed by atoms with E-state index in [4.69, 9.17) is 10.5 Å². The fraction of sp³-hybridized carbons (Fsp3) is 0.500. The second-order valence-corrected chi connectivity index (χ2v) is 0.447. The minimum absolute atomic E-state index is 0. The van der Waals surface area contributed by atoms with E-state index in [-0.39, 0.29) is 20.1 Å². The molecular weight excluding hydrogens is 268 g/mol. The Balaban J connectivity index is -0.0000000400. The molecule has 0 saturated carbocycles. The van der Waals surface area contributed by atoms with E-state index in [1.165, 1.54) is 13.8 Å². The zero-order valence-electron chi connectivity index (χ0n) is 4.23. The van der Waals surface area contributed by atoms with E-state index >= 15 is 0 Å². The maximum absolute atomic E-state index is 7.32. The Morgan fingerprint density at radius 1 is 1.00 bits per heavy atom. The van der Waals surface area contributed by atoms with Crippen LogP contribution in [0.15, 0.2) is 0 Å². The van der Waals surface area contributed by atoms with Gasteiger partial charge >= 0.3 is 20.1 Å². The minimum Gasteiger partial charge on any atom is -0.199 e. The maximum Gasteiger partial charge on any atom is 3.00 e. The first-order chi connectivity index (χ1) is 2.83. The summed E-state index contributed by atoms with van der Waals surface area (Å²) in [6, 6.07) is 3.50. The molecule has 2 nitrogen and oxygen atoms in total. The van der Waals surface area contributed by atoms with Crippen molar-refractivity contribution in [2.45, 2.75) is 13.8 Å². The van der Waals surface area contributed by atoms with Crippen LogP contribution in [0.4, 0.5) is 0 Å². The molecule has 0 saturated heterocycles. The van der Waals surface area contributed by atoms with E-state index in [0.29, 0.717) is 0 Å². The van der Waals surface area contributed by atoms with Crippen LogP contribution in [0.5, 0.6) is 0 Å². The van der Waals surface area contributed by atoms with Crippen molar-refractivity contribution in [1.29, 1.82) is 10.5 Å². The van der Waals surface area contributed by atoms with Crippen LogP contribution in [0.2, 0.25) is 0 Å². The van der Waals surface area contributed by atoms with Crippen LogP contribution < -0.4 is 0 Å². The van der Waals surface area contributed by atoms with Gasteiger partial charge in [0.1, 0.15) is 0 Å². The predicted octanol–water partition coefficient (Wildman–Crippen LogP) is 1.06. The molecule has 0 unspecified atom stereocenters. The largest absolute Gasteiger partial charge is 3.00 e. The van der Waals surface area contributed by atoms with Crippen molar-refractivity contribution in [1.82, 2.24) is 0 Å². The smallest absolute Gasteiger partial charge is 0.199 e. The average molecular weight is 274 g/mol. The average Bonchev–Trinajstić information content (AvgIpc) is 1.39. The van der Waals surface area contributed by atoms with Crippen LogP contribution >= 0.6 is 0 Å². The molecule has 0 bridgehead atoms. The van der Waals surface area contributed by atoms with Gasteiger partial charge in [-0.3, -0.25) is 0 Å². The van der Waals surface area contributed by atoms with Gasteiger partial charge in [-0.1, -0.05) is 0 Å². The zero-order chi connectivity index (χ0) is 5.41. The summed E-state index contributed by atoms with van der Waals surface area (Å²) in [5, 5.41) is 14.6. The molecule has 0 atom stereocenters. The second-order valence-electron chi connectivity index (χ2n) is 0.447. The van der Waals surface area contributed by atoms with Crippen LogP contribution in [0.25, 0.3) is 0 Å². The van der Waals surface area contributed by atoms with Gasteiger partial charge in [0, 0.05) is 13.8 Å².